The van der Waals surface area contributed by atoms with Crippen molar-refractivity contribution in [2.45, 2.75) is 31.8 Å². The maximum absolute atomic E-state index is 13.3. The van der Waals surface area contributed by atoms with Gasteiger partial charge in [0, 0.05) is 25.5 Å². The van der Waals surface area contributed by atoms with Gasteiger partial charge in [-0.2, -0.15) is 0 Å². The summed E-state index contributed by atoms with van der Waals surface area (Å²) >= 11 is 0. The van der Waals surface area contributed by atoms with Crippen LogP contribution in [0.3, 0.4) is 0 Å². The Balaban J connectivity index is 1.42. The number of hydroxylamine groups is 1. The van der Waals surface area contributed by atoms with Gasteiger partial charge in [0.05, 0.1) is 17.9 Å². The van der Waals surface area contributed by atoms with Crippen LogP contribution in [-0.4, -0.2) is 46.1 Å². The van der Waals surface area contributed by atoms with Crippen LogP contribution < -0.4 is 10.2 Å². The molecule has 7 heteroatoms. The minimum absolute atomic E-state index is 0.0284. The molecular formula is C24H27N3O4. The van der Waals surface area contributed by atoms with E-state index in [-0.39, 0.29) is 12.0 Å². The lowest BCUT2D eigenvalue weighted by Crippen LogP contribution is -2.48. The average Bonchev–Trinajstić information content (AvgIpc) is 2.84. The molecule has 0 unspecified atom stereocenters. The number of pyridine rings is 1. The standard InChI is InChI=1S/C24H27N3O4/c28-23(26-30)22-16-20(31-19-8-12-25-13-9-19)6-7-21(22)24(29)27-14-10-18(11-15-27)17-4-2-1-3-5-17/h1-5,8-10,12-13,20-22,30H,6-7,11,14-16H2,(H,26,28)/t20-,21+,22+/m1/s1. The van der Waals surface area contributed by atoms with Gasteiger partial charge in [0.25, 0.3) is 0 Å². The van der Waals surface area contributed by atoms with Crippen molar-refractivity contribution >= 4 is 17.4 Å². The van der Waals surface area contributed by atoms with E-state index in [2.05, 4.69) is 23.2 Å². The zero-order valence-electron chi connectivity index (χ0n) is 17.3. The Morgan fingerprint density at radius 3 is 2.52 bits per heavy atom. The van der Waals surface area contributed by atoms with E-state index in [9.17, 15) is 14.8 Å². The minimum Gasteiger partial charge on any atom is -0.490 e. The maximum atomic E-state index is 13.3. The molecule has 1 aromatic heterocycles. The third-order valence-corrected chi connectivity index (χ3v) is 6.18. The fourth-order valence-corrected chi connectivity index (χ4v) is 4.53. The van der Waals surface area contributed by atoms with Crippen LogP contribution in [0, 0.1) is 11.8 Å². The van der Waals surface area contributed by atoms with Gasteiger partial charge in [-0.3, -0.25) is 19.8 Å². The Kier molecular flexibility index (Phi) is 6.62. The fraction of sp³-hybridized carbons (Fsp3) is 0.375. The molecule has 0 radical (unpaired) electrons. The van der Waals surface area contributed by atoms with Crippen molar-refractivity contribution in [1.82, 2.24) is 15.4 Å². The first-order valence-corrected chi connectivity index (χ1v) is 10.7. The molecule has 1 fully saturated rings. The highest BCUT2D eigenvalue weighted by Crippen LogP contribution is 2.35. The number of benzene rings is 1. The number of carbonyl (C=O) groups is 2. The predicted octanol–water partition coefficient (Wildman–Crippen LogP) is 3.07. The van der Waals surface area contributed by atoms with E-state index < -0.39 is 17.7 Å². The Hall–Kier alpha value is -3.19. The molecular weight excluding hydrogens is 394 g/mol. The highest BCUT2D eigenvalue weighted by atomic mass is 16.5. The van der Waals surface area contributed by atoms with Crippen LogP contribution >= 0.6 is 0 Å². The van der Waals surface area contributed by atoms with Crippen LogP contribution in [0.4, 0.5) is 0 Å². The summed E-state index contributed by atoms with van der Waals surface area (Å²) in [6, 6.07) is 13.7. The molecule has 0 spiro atoms. The number of nitrogens with one attached hydrogen (secondary N) is 1. The Bertz CT molecular complexity index is 932. The zero-order valence-corrected chi connectivity index (χ0v) is 17.3. The summed E-state index contributed by atoms with van der Waals surface area (Å²) in [5.74, 6) is -0.963. The largest absolute Gasteiger partial charge is 0.490 e. The first-order chi connectivity index (χ1) is 15.2. The Morgan fingerprint density at radius 1 is 1.06 bits per heavy atom. The first-order valence-electron chi connectivity index (χ1n) is 10.7. The number of ether oxygens (including phenoxy) is 1. The first kappa shape index (κ1) is 21.1. The van der Waals surface area contributed by atoms with Crippen molar-refractivity contribution in [3.63, 3.8) is 0 Å². The lowest BCUT2D eigenvalue weighted by molar-refractivity contribution is -0.148. The molecule has 3 atom stereocenters. The Morgan fingerprint density at radius 2 is 1.84 bits per heavy atom. The monoisotopic (exact) mass is 421 g/mol. The summed E-state index contributed by atoms with van der Waals surface area (Å²) in [5.41, 5.74) is 4.17. The molecule has 2 aliphatic rings. The molecule has 7 nitrogen and oxygen atoms in total. The van der Waals surface area contributed by atoms with Crippen molar-refractivity contribution in [2.75, 3.05) is 13.1 Å². The van der Waals surface area contributed by atoms with Gasteiger partial charge in [0.2, 0.25) is 11.8 Å². The molecule has 2 aromatic rings. The van der Waals surface area contributed by atoms with Gasteiger partial charge in [0.15, 0.2) is 0 Å². The van der Waals surface area contributed by atoms with Crippen molar-refractivity contribution in [3.8, 4) is 5.75 Å². The molecule has 31 heavy (non-hydrogen) atoms. The van der Waals surface area contributed by atoms with Gasteiger partial charge >= 0.3 is 0 Å². The van der Waals surface area contributed by atoms with E-state index in [0.717, 1.165) is 6.42 Å². The van der Waals surface area contributed by atoms with Gasteiger partial charge in [-0.15, -0.1) is 0 Å². The van der Waals surface area contributed by atoms with Gasteiger partial charge in [0.1, 0.15) is 5.75 Å². The second-order valence-corrected chi connectivity index (χ2v) is 8.05. The minimum atomic E-state index is -0.627. The molecule has 1 aromatic carbocycles. The van der Waals surface area contributed by atoms with Gasteiger partial charge in [-0.1, -0.05) is 36.4 Å². The van der Waals surface area contributed by atoms with E-state index in [0.29, 0.717) is 38.1 Å². The van der Waals surface area contributed by atoms with Gasteiger partial charge in [-0.05, 0) is 49.0 Å². The van der Waals surface area contributed by atoms with Crippen LogP contribution in [0.1, 0.15) is 31.2 Å². The zero-order chi connectivity index (χ0) is 21.6. The molecule has 1 aliphatic carbocycles. The number of aromatic nitrogens is 1. The van der Waals surface area contributed by atoms with E-state index in [4.69, 9.17) is 4.74 Å². The number of hydrogen-bond donors (Lipinski definition) is 2. The summed E-state index contributed by atoms with van der Waals surface area (Å²) in [6.07, 6.45) is 7.57. The van der Waals surface area contributed by atoms with E-state index >= 15 is 0 Å². The van der Waals surface area contributed by atoms with Crippen LogP contribution in [-0.2, 0) is 9.59 Å². The normalized spacial score (nSPS) is 23.6. The van der Waals surface area contributed by atoms with Crippen molar-refractivity contribution in [2.24, 2.45) is 11.8 Å². The molecule has 2 N–H and O–H groups in total. The third-order valence-electron chi connectivity index (χ3n) is 6.18. The van der Waals surface area contributed by atoms with Crippen LogP contribution in [0.25, 0.3) is 5.57 Å². The number of rotatable bonds is 5. The molecule has 1 saturated carbocycles. The summed E-state index contributed by atoms with van der Waals surface area (Å²) in [6.45, 7) is 1.16. The SMILES string of the molecule is O=C(NO)[C@H]1C[C@H](Oc2ccncc2)CC[C@@H]1C(=O)N1CC=C(c2ccccc2)CC1. The van der Waals surface area contributed by atoms with Gasteiger partial charge < -0.3 is 9.64 Å². The smallest absolute Gasteiger partial charge is 0.247 e. The second kappa shape index (κ2) is 9.75. The number of amides is 2. The number of nitrogens with zero attached hydrogens (tertiary/aromatic N) is 2. The van der Waals surface area contributed by atoms with E-state index in [1.54, 1.807) is 30.0 Å². The molecule has 2 amide bonds. The van der Waals surface area contributed by atoms with E-state index in [1.807, 2.05) is 23.1 Å². The maximum Gasteiger partial charge on any atom is 0.247 e. The fourth-order valence-electron chi connectivity index (χ4n) is 4.53. The van der Waals surface area contributed by atoms with Crippen LogP contribution in [0.15, 0.2) is 60.9 Å². The lowest BCUT2D eigenvalue weighted by Gasteiger charge is -2.37. The molecule has 1 aliphatic heterocycles. The van der Waals surface area contributed by atoms with Gasteiger partial charge in [-0.25, -0.2) is 5.48 Å². The van der Waals surface area contributed by atoms with Crippen molar-refractivity contribution in [1.29, 1.82) is 0 Å². The molecule has 4 rings (SSSR count). The number of carbonyl (C=O) groups excluding carboxylic acids is 2. The lowest BCUT2D eigenvalue weighted by atomic mass is 9.76. The molecule has 162 valence electrons. The third kappa shape index (κ3) is 4.94. The van der Waals surface area contributed by atoms with Crippen LogP contribution in [0.5, 0.6) is 5.75 Å². The quantitative estimate of drug-likeness (QED) is 0.572. The van der Waals surface area contributed by atoms with Crippen molar-refractivity contribution in [3.05, 3.63) is 66.5 Å². The van der Waals surface area contributed by atoms with Crippen LogP contribution in [0.2, 0.25) is 0 Å². The predicted molar refractivity (Wildman–Crippen MR) is 115 cm³/mol. The summed E-state index contributed by atoms with van der Waals surface area (Å²) in [5, 5.41) is 9.25. The van der Waals surface area contributed by atoms with E-state index in [1.165, 1.54) is 11.1 Å². The highest BCUT2D eigenvalue weighted by Gasteiger charge is 2.41. The molecule has 0 saturated heterocycles. The number of hydrogen-bond acceptors (Lipinski definition) is 5. The van der Waals surface area contributed by atoms with Crippen molar-refractivity contribution < 1.29 is 19.5 Å². The summed E-state index contributed by atoms with van der Waals surface area (Å²) in [4.78, 5) is 31.5. The summed E-state index contributed by atoms with van der Waals surface area (Å²) in [7, 11) is 0. The topological polar surface area (TPSA) is 91.8 Å². The highest BCUT2D eigenvalue weighted by molar-refractivity contribution is 5.88. The molecule has 0 bridgehead atoms. The Labute approximate surface area is 181 Å². The second-order valence-electron chi connectivity index (χ2n) is 8.05. The molecule has 2 heterocycles. The average molecular weight is 421 g/mol. The summed E-state index contributed by atoms with van der Waals surface area (Å²) < 4.78 is 5.98.